The Labute approximate surface area is 127 Å². The Morgan fingerprint density at radius 3 is 2.55 bits per heavy atom. The van der Waals surface area contributed by atoms with E-state index in [9.17, 15) is 14.7 Å². The number of aromatic nitrogens is 2. The Hall–Kier alpha value is -2.83. The van der Waals surface area contributed by atoms with Gasteiger partial charge in [0.15, 0.2) is 0 Å². The van der Waals surface area contributed by atoms with Crippen LogP contribution in [0.15, 0.2) is 24.3 Å². The Kier molecular flexibility index (Phi) is 4.45. The van der Waals surface area contributed by atoms with Gasteiger partial charge in [-0.15, -0.1) is 0 Å². The van der Waals surface area contributed by atoms with E-state index in [0.717, 1.165) is 17.0 Å². The molecule has 1 aromatic carbocycles. The summed E-state index contributed by atoms with van der Waals surface area (Å²) in [6.45, 7) is 5.48. The van der Waals surface area contributed by atoms with Crippen LogP contribution in [-0.4, -0.2) is 26.7 Å². The first-order valence-electron chi connectivity index (χ1n) is 6.76. The fraction of sp³-hybridized carbons (Fsp3) is 0.267. The number of aryl methyl sites for hydroxylation is 3. The van der Waals surface area contributed by atoms with Crippen molar-refractivity contribution in [2.45, 2.75) is 27.3 Å². The number of hydrogen-bond donors (Lipinski definition) is 3. The highest BCUT2D eigenvalue weighted by Crippen LogP contribution is 2.17. The first-order chi connectivity index (χ1) is 10.4. The van der Waals surface area contributed by atoms with Gasteiger partial charge in [0, 0.05) is 5.69 Å². The lowest BCUT2D eigenvalue weighted by molar-refractivity contribution is -0.122. The van der Waals surface area contributed by atoms with Gasteiger partial charge in [0.25, 0.3) is 11.8 Å². The number of carbonyl (C=O) groups excluding carboxylic acids is 2. The average Bonchev–Trinajstić information content (AvgIpc) is 2.77. The van der Waals surface area contributed by atoms with Crippen LogP contribution in [0.4, 0.5) is 0 Å². The van der Waals surface area contributed by atoms with Crippen LogP contribution < -0.4 is 10.9 Å². The van der Waals surface area contributed by atoms with Gasteiger partial charge >= 0.3 is 0 Å². The molecule has 0 aliphatic carbocycles. The van der Waals surface area contributed by atoms with Crippen LogP contribution in [-0.2, 0) is 11.3 Å². The molecule has 2 aromatic rings. The maximum Gasteiger partial charge on any atom is 0.273 e. The largest absolute Gasteiger partial charge is 0.507 e. The van der Waals surface area contributed by atoms with E-state index in [1.807, 2.05) is 19.9 Å². The zero-order valence-corrected chi connectivity index (χ0v) is 12.7. The summed E-state index contributed by atoms with van der Waals surface area (Å²) >= 11 is 0. The number of hydrazine groups is 1. The maximum atomic E-state index is 11.9. The Balaban J connectivity index is 1.95. The number of benzene rings is 1. The second-order valence-corrected chi connectivity index (χ2v) is 5.11. The smallest absolute Gasteiger partial charge is 0.273 e. The molecule has 3 N–H and O–H groups in total. The summed E-state index contributed by atoms with van der Waals surface area (Å²) < 4.78 is 1.54. The van der Waals surface area contributed by atoms with Crippen molar-refractivity contribution in [3.63, 3.8) is 0 Å². The van der Waals surface area contributed by atoms with E-state index in [0.29, 0.717) is 0 Å². The molecule has 2 amide bonds. The number of carbonyl (C=O) groups is 2. The van der Waals surface area contributed by atoms with Crippen molar-refractivity contribution in [2.75, 3.05) is 0 Å². The van der Waals surface area contributed by atoms with Crippen molar-refractivity contribution < 1.29 is 14.7 Å². The molecule has 116 valence electrons. The van der Waals surface area contributed by atoms with E-state index in [1.54, 1.807) is 17.7 Å². The third-order valence-electron chi connectivity index (χ3n) is 3.11. The number of aromatic hydroxyl groups is 1. The first-order valence-corrected chi connectivity index (χ1v) is 6.76. The van der Waals surface area contributed by atoms with E-state index in [2.05, 4.69) is 16.0 Å². The summed E-state index contributed by atoms with van der Waals surface area (Å²) in [5.41, 5.74) is 7.18. The first kappa shape index (κ1) is 15.6. The highest BCUT2D eigenvalue weighted by atomic mass is 16.3. The van der Waals surface area contributed by atoms with Crippen LogP contribution in [0.2, 0.25) is 0 Å². The van der Waals surface area contributed by atoms with E-state index < -0.39 is 11.8 Å². The van der Waals surface area contributed by atoms with Gasteiger partial charge in [-0.05, 0) is 39.0 Å². The molecule has 0 saturated heterocycles. The highest BCUT2D eigenvalue weighted by Gasteiger charge is 2.13. The zero-order chi connectivity index (χ0) is 16.3. The second-order valence-electron chi connectivity index (χ2n) is 5.11. The average molecular weight is 302 g/mol. The van der Waals surface area contributed by atoms with E-state index >= 15 is 0 Å². The predicted octanol–water partition coefficient (Wildman–Crippen LogP) is 0.975. The van der Waals surface area contributed by atoms with Gasteiger partial charge < -0.3 is 5.11 Å². The minimum Gasteiger partial charge on any atom is -0.507 e. The molecule has 7 heteroatoms. The standard InChI is InChI=1S/C15H18N4O3/c1-9-4-5-13(20)12(6-9)15(22)17-16-14(21)8-19-11(3)7-10(2)18-19/h4-7,20H,8H2,1-3H3,(H,16,21)(H,17,22). The molecule has 0 atom stereocenters. The fourth-order valence-corrected chi connectivity index (χ4v) is 2.04. The monoisotopic (exact) mass is 302 g/mol. The number of phenols is 1. The molecular weight excluding hydrogens is 284 g/mol. The third-order valence-corrected chi connectivity index (χ3v) is 3.11. The summed E-state index contributed by atoms with van der Waals surface area (Å²) in [7, 11) is 0. The van der Waals surface area contributed by atoms with Gasteiger partial charge in [-0.1, -0.05) is 11.6 Å². The molecule has 0 aliphatic rings. The van der Waals surface area contributed by atoms with Crippen molar-refractivity contribution in [3.05, 3.63) is 46.8 Å². The number of nitrogens with one attached hydrogen (secondary N) is 2. The number of amides is 2. The topological polar surface area (TPSA) is 96.3 Å². The molecule has 0 radical (unpaired) electrons. The molecule has 0 bridgehead atoms. The number of nitrogens with zero attached hydrogens (tertiary/aromatic N) is 2. The molecule has 1 heterocycles. The van der Waals surface area contributed by atoms with Crippen LogP contribution in [0, 0.1) is 20.8 Å². The minimum atomic E-state index is -0.581. The summed E-state index contributed by atoms with van der Waals surface area (Å²) in [6.07, 6.45) is 0. The van der Waals surface area contributed by atoms with Crippen LogP contribution in [0.1, 0.15) is 27.3 Å². The lowest BCUT2D eigenvalue weighted by Gasteiger charge is -2.09. The lowest BCUT2D eigenvalue weighted by atomic mass is 10.1. The number of rotatable bonds is 3. The predicted molar refractivity (Wildman–Crippen MR) is 80.2 cm³/mol. The second kappa shape index (κ2) is 6.30. The third kappa shape index (κ3) is 3.63. The molecule has 22 heavy (non-hydrogen) atoms. The summed E-state index contributed by atoms with van der Waals surface area (Å²) in [5.74, 6) is -1.13. The highest BCUT2D eigenvalue weighted by molar-refractivity contribution is 5.97. The van der Waals surface area contributed by atoms with Gasteiger partial charge in [-0.2, -0.15) is 5.10 Å². The minimum absolute atomic E-state index is 0.000245. The van der Waals surface area contributed by atoms with Crippen LogP contribution in [0.5, 0.6) is 5.75 Å². The van der Waals surface area contributed by atoms with Crippen LogP contribution in [0.3, 0.4) is 0 Å². The van der Waals surface area contributed by atoms with Gasteiger partial charge in [0.05, 0.1) is 11.3 Å². The van der Waals surface area contributed by atoms with E-state index in [4.69, 9.17) is 0 Å². The van der Waals surface area contributed by atoms with Crippen molar-refractivity contribution in [1.29, 1.82) is 0 Å². The van der Waals surface area contributed by atoms with Gasteiger partial charge in [0.1, 0.15) is 12.3 Å². The molecule has 0 unspecified atom stereocenters. The SMILES string of the molecule is Cc1ccc(O)c(C(=O)NNC(=O)Cn2nc(C)cc2C)c1. The Bertz CT molecular complexity index is 722. The molecule has 0 fully saturated rings. The van der Waals surface area contributed by atoms with Gasteiger partial charge in [-0.25, -0.2) is 0 Å². The van der Waals surface area contributed by atoms with Crippen molar-refractivity contribution in [1.82, 2.24) is 20.6 Å². The van der Waals surface area contributed by atoms with E-state index in [-0.39, 0.29) is 17.9 Å². The lowest BCUT2D eigenvalue weighted by Crippen LogP contribution is -2.43. The quantitative estimate of drug-likeness (QED) is 0.736. The Morgan fingerprint density at radius 1 is 1.18 bits per heavy atom. The van der Waals surface area contributed by atoms with Crippen LogP contribution in [0.25, 0.3) is 0 Å². The Morgan fingerprint density at radius 2 is 1.91 bits per heavy atom. The molecule has 2 rings (SSSR count). The van der Waals surface area contributed by atoms with Crippen molar-refractivity contribution >= 4 is 11.8 Å². The maximum absolute atomic E-state index is 11.9. The fourth-order valence-electron chi connectivity index (χ4n) is 2.04. The summed E-state index contributed by atoms with van der Waals surface area (Å²) in [5, 5.41) is 13.8. The van der Waals surface area contributed by atoms with E-state index in [1.165, 1.54) is 12.1 Å². The molecule has 7 nitrogen and oxygen atoms in total. The molecule has 1 aromatic heterocycles. The molecular formula is C15H18N4O3. The zero-order valence-electron chi connectivity index (χ0n) is 12.7. The van der Waals surface area contributed by atoms with Crippen molar-refractivity contribution in [2.24, 2.45) is 0 Å². The van der Waals surface area contributed by atoms with Gasteiger partial charge in [-0.3, -0.25) is 25.1 Å². The summed E-state index contributed by atoms with van der Waals surface area (Å²) in [4.78, 5) is 23.7. The number of hydrogen-bond acceptors (Lipinski definition) is 4. The molecule has 0 spiro atoms. The molecule has 0 aliphatic heterocycles. The van der Waals surface area contributed by atoms with Crippen LogP contribution >= 0.6 is 0 Å². The normalized spacial score (nSPS) is 10.3. The van der Waals surface area contributed by atoms with Crippen molar-refractivity contribution in [3.8, 4) is 5.75 Å². The molecule has 0 saturated carbocycles. The number of phenolic OH excluding ortho intramolecular Hbond substituents is 1. The summed E-state index contributed by atoms with van der Waals surface area (Å²) in [6, 6.07) is 6.52. The van der Waals surface area contributed by atoms with Gasteiger partial charge in [0.2, 0.25) is 0 Å².